The van der Waals surface area contributed by atoms with E-state index >= 15 is 0 Å². The van der Waals surface area contributed by atoms with E-state index in [2.05, 4.69) is 33.1 Å². The van der Waals surface area contributed by atoms with E-state index in [-0.39, 0.29) is 36.0 Å². The van der Waals surface area contributed by atoms with Crippen LogP contribution in [-0.4, -0.2) is 95.9 Å². The van der Waals surface area contributed by atoms with Crippen molar-refractivity contribution in [3.63, 3.8) is 0 Å². The molecule has 7 N–H and O–H groups in total. The van der Waals surface area contributed by atoms with Crippen molar-refractivity contribution in [2.24, 2.45) is 11.7 Å². The number of fused-ring (bicyclic) bond motifs is 4. The van der Waals surface area contributed by atoms with Gasteiger partial charge < -0.3 is 32.1 Å². The molecule has 0 saturated carbocycles. The Morgan fingerprint density at radius 2 is 1.72 bits per heavy atom. The van der Waals surface area contributed by atoms with E-state index in [0.717, 1.165) is 23.1 Å². The summed E-state index contributed by atoms with van der Waals surface area (Å²) in [5, 5.41) is 20.8. The standard InChI is InChI=1S/C34H46N6O6S/c1-21-33(2)13-14-40(3)34(21,18-23-10-11-24(41)17-25(23)33)32(46)37-19-28(42)36-20-29(43)38-27(16-22-8-6-5-7-9-22)31(45)39-26(30(35)44)12-15-47-4/h5-11,17,21,26-27,41H,12-16,18-20H2,1-4H3,(H2,35,44)(H,36,42)(H,37,46)(H,38,43)(H,39,45)/t21?,26-,27+,33?,34?/m1/s1. The number of rotatable bonds is 14. The number of primary amides is 1. The lowest BCUT2D eigenvalue weighted by Gasteiger charge is -2.59. The van der Waals surface area contributed by atoms with Gasteiger partial charge in [-0.15, -0.1) is 0 Å². The molecule has 3 unspecified atom stereocenters. The molecule has 1 aliphatic carbocycles. The van der Waals surface area contributed by atoms with Crippen molar-refractivity contribution >= 4 is 41.3 Å². The molecule has 2 aromatic rings. The first-order valence-corrected chi connectivity index (χ1v) is 17.2. The Morgan fingerprint density at radius 1 is 1.02 bits per heavy atom. The molecule has 4 rings (SSSR count). The van der Waals surface area contributed by atoms with Crippen LogP contribution in [-0.2, 0) is 42.2 Å². The lowest BCUT2D eigenvalue weighted by Crippen LogP contribution is -2.71. The van der Waals surface area contributed by atoms with Crippen molar-refractivity contribution in [3.8, 4) is 5.75 Å². The van der Waals surface area contributed by atoms with Gasteiger partial charge in [-0.1, -0.05) is 50.2 Å². The highest BCUT2D eigenvalue weighted by atomic mass is 32.2. The maximum atomic E-state index is 13.9. The second-order valence-electron chi connectivity index (χ2n) is 12.8. The summed E-state index contributed by atoms with van der Waals surface area (Å²) in [7, 11) is 1.92. The number of benzene rings is 2. The molecule has 47 heavy (non-hydrogen) atoms. The van der Waals surface area contributed by atoms with E-state index in [4.69, 9.17) is 5.73 Å². The summed E-state index contributed by atoms with van der Waals surface area (Å²) in [4.78, 5) is 66.8. The normalized spacial score (nSPS) is 23.0. The average Bonchev–Trinajstić information content (AvgIpc) is 3.04. The van der Waals surface area contributed by atoms with Crippen molar-refractivity contribution in [1.29, 1.82) is 0 Å². The van der Waals surface area contributed by atoms with Crippen LogP contribution in [0.1, 0.15) is 43.4 Å². The number of aromatic hydroxyl groups is 1. The number of carbonyl (C=O) groups excluding carboxylic acids is 5. The van der Waals surface area contributed by atoms with Crippen LogP contribution < -0.4 is 27.0 Å². The molecule has 5 amide bonds. The Balaban J connectivity index is 1.36. The van der Waals surface area contributed by atoms with Crippen LogP contribution in [0.3, 0.4) is 0 Å². The first kappa shape index (κ1) is 35.7. The summed E-state index contributed by atoms with van der Waals surface area (Å²) < 4.78 is 0. The average molecular weight is 667 g/mol. The van der Waals surface area contributed by atoms with Crippen LogP contribution in [0, 0.1) is 5.92 Å². The number of nitrogens with one attached hydrogen (secondary N) is 4. The first-order chi connectivity index (χ1) is 22.3. The van der Waals surface area contributed by atoms with E-state index in [9.17, 15) is 29.1 Å². The number of phenolic OH excluding ortho intramolecular Hbond substituents is 1. The minimum atomic E-state index is -1.02. The monoisotopic (exact) mass is 666 g/mol. The molecule has 13 heteroatoms. The molecule has 2 aromatic carbocycles. The summed E-state index contributed by atoms with van der Waals surface area (Å²) in [6, 6.07) is 12.5. The number of carbonyl (C=O) groups is 5. The molecule has 1 saturated heterocycles. The molecular formula is C34H46N6O6S. The van der Waals surface area contributed by atoms with Crippen LogP contribution in [0.15, 0.2) is 48.5 Å². The third-order valence-corrected chi connectivity index (χ3v) is 10.6. The van der Waals surface area contributed by atoms with Gasteiger partial charge in [0.25, 0.3) is 0 Å². The Bertz CT molecular complexity index is 1490. The number of nitrogens with two attached hydrogens (primary N) is 1. The second kappa shape index (κ2) is 15.2. The number of nitrogens with zero attached hydrogens (tertiary/aromatic N) is 1. The molecule has 1 aliphatic heterocycles. The molecule has 0 spiro atoms. The number of phenols is 1. The number of hydrogen-bond acceptors (Lipinski definition) is 8. The topological polar surface area (TPSA) is 183 Å². The Morgan fingerprint density at radius 3 is 2.40 bits per heavy atom. The lowest BCUT2D eigenvalue weighted by atomic mass is 9.53. The fourth-order valence-electron chi connectivity index (χ4n) is 6.97. The fraction of sp³-hybridized carbons (Fsp3) is 0.500. The Kier molecular flexibility index (Phi) is 11.6. The molecule has 12 nitrogen and oxygen atoms in total. The number of likely N-dealkylation sites (N-methyl/N-ethyl adjacent to an activating group) is 1. The van der Waals surface area contributed by atoms with Gasteiger partial charge >= 0.3 is 0 Å². The van der Waals surface area contributed by atoms with E-state index in [0.29, 0.717) is 25.1 Å². The number of likely N-dealkylation sites (tertiary alicyclic amines) is 1. The molecular weight excluding hydrogens is 620 g/mol. The van der Waals surface area contributed by atoms with Gasteiger partial charge in [0.05, 0.1) is 13.1 Å². The lowest BCUT2D eigenvalue weighted by molar-refractivity contribution is -0.145. The molecule has 254 valence electrons. The summed E-state index contributed by atoms with van der Waals surface area (Å²) in [5.74, 6) is -1.98. The highest BCUT2D eigenvalue weighted by Crippen LogP contribution is 2.53. The molecule has 2 bridgehead atoms. The second-order valence-corrected chi connectivity index (χ2v) is 13.8. The first-order valence-electron chi connectivity index (χ1n) is 15.8. The number of piperidine rings is 1. The minimum Gasteiger partial charge on any atom is -0.508 e. The van der Waals surface area contributed by atoms with E-state index in [1.165, 1.54) is 11.8 Å². The van der Waals surface area contributed by atoms with E-state index in [1.54, 1.807) is 12.1 Å². The van der Waals surface area contributed by atoms with Crippen molar-refractivity contribution in [2.45, 2.75) is 62.6 Å². The number of thioether (sulfide) groups is 1. The SMILES string of the molecule is CSCC[C@@H](NC(=O)[C@H](Cc1ccccc1)NC(=O)CNC(=O)CNC(=O)C12Cc3ccc(O)cc3C(C)(CCN1C)C2C)C(N)=O. The van der Waals surface area contributed by atoms with Crippen LogP contribution in [0.2, 0.25) is 0 Å². The molecule has 5 atom stereocenters. The van der Waals surface area contributed by atoms with Gasteiger partial charge in [0, 0.05) is 12.8 Å². The summed E-state index contributed by atoms with van der Waals surface area (Å²) in [6.07, 6.45) is 3.64. The third kappa shape index (κ3) is 7.90. The van der Waals surface area contributed by atoms with Gasteiger partial charge in [-0.05, 0) is 78.6 Å². The zero-order chi connectivity index (χ0) is 34.4. The highest BCUT2D eigenvalue weighted by molar-refractivity contribution is 7.98. The molecule has 2 aliphatic rings. The van der Waals surface area contributed by atoms with Crippen LogP contribution in [0.4, 0.5) is 0 Å². The van der Waals surface area contributed by atoms with Crippen molar-refractivity contribution in [2.75, 3.05) is 38.7 Å². The summed E-state index contributed by atoms with van der Waals surface area (Å²) in [6.45, 7) is 4.08. The molecule has 0 aromatic heterocycles. The Hall–Kier alpha value is -4.10. The highest BCUT2D eigenvalue weighted by Gasteiger charge is 2.60. The zero-order valence-electron chi connectivity index (χ0n) is 27.4. The van der Waals surface area contributed by atoms with Crippen LogP contribution in [0.25, 0.3) is 0 Å². The van der Waals surface area contributed by atoms with Crippen LogP contribution >= 0.6 is 11.8 Å². The van der Waals surface area contributed by atoms with Gasteiger partial charge in [-0.25, -0.2) is 0 Å². The fourth-order valence-corrected chi connectivity index (χ4v) is 7.44. The van der Waals surface area contributed by atoms with E-state index in [1.807, 2.05) is 56.6 Å². The zero-order valence-corrected chi connectivity index (χ0v) is 28.2. The van der Waals surface area contributed by atoms with Gasteiger partial charge in [0.2, 0.25) is 29.5 Å². The van der Waals surface area contributed by atoms with Gasteiger partial charge in [-0.2, -0.15) is 11.8 Å². The smallest absolute Gasteiger partial charge is 0.243 e. The maximum Gasteiger partial charge on any atom is 0.243 e. The van der Waals surface area contributed by atoms with Gasteiger partial charge in [0.1, 0.15) is 23.4 Å². The quantitative estimate of drug-likeness (QED) is 0.169. The summed E-state index contributed by atoms with van der Waals surface area (Å²) in [5.41, 5.74) is 7.09. The summed E-state index contributed by atoms with van der Waals surface area (Å²) >= 11 is 1.51. The minimum absolute atomic E-state index is 0.112. The van der Waals surface area contributed by atoms with Crippen molar-refractivity contribution in [1.82, 2.24) is 26.2 Å². The maximum absolute atomic E-state index is 13.9. The van der Waals surface area contributed by atoms with Crippen molar-refractivity contribution in [3.05, 3.63) is 65.2 Å². The third-order valence-electron chi connectivity index (χ3n) is 9.94. The van der Waals surface area contributed by atoms with Gasteiger partial charge in [-0.3, -0.25) is 28.9 Å². The number of amides is 5. The predicted molar refractivity (Wildman–Crippen MR) is 181 cm³/mol. The molecule has 0 radical (unpaired) electrons. The largest absolute Gasteiger partial charge is 0.508 e. The predicted octanol–water partition coefficient (Wildman–Crippen LogP) is 0.600. The van der Waals surface area contributed by atoms with Crippen molar-refractivity contribution < 1.29 is 29.1 Å². The molecule has 1 heterocycles. The molecule has 1 fully saturated rings. The van der Waals surface area contributed by atoms with E-state index < -0.39 is 47.8 Å². The van der Waals surface area contributed by atoms with Gasteiger partial charge in [0.15, 0.2) is 0 Å². The number of hydrogen-bond donors (Lipinski definition) is 6. The van der Waals surface area contributed by atoms with Crippen LogP contribution in [0.5, 0.6) is 5.75 Å². The Labute approximate surface area is 280 Å².